The van der Waals surface area contributed by atoms with Crippen LogP contribution < -0.4 is 5.32 Å². The summed E-state index contributed by atoms with van der Waals surface area (Å²) in [7, 11) is 0. The number of hydrogen-bond acceptors (Lipinski definition) is 3. The first-order chi connectivity index (χ1) is 10.2. The normalized spacial score (nSPS) is 16.6. The van der Waals surface area contributed by atoms with Crippen LogP contribution in [0.15, 0.2) is 24.3 Å². The number of aryl methyl sites for hydroxylation is 1. The smallest absolute Gasteiger partial charge is 0.270 e. The van der Waals surface area contributed by atoms with Gasteiger partial charge in [0.05, 0.1) is 5.52 Å². The fourth-order valence-electron chi connectivity index (χ4n) is 3.04. The van der Waals surface area contributed by atoms with Crippen LogP contribution in [-0.2, 0) is 0 Å². The lowest BCUT2D eigenvalue weighted by atomic mass is 10.1. The van der Waals surface area contributed by atoms with Gasteiger partial charge in [0.15, 0.2) is 0 Å². The van der Waals surface area contributed by atoms with Crippen LogP contribution >= 0.6 is 0 Å². The van der Waals surface area contributed by atoms with E-state index >= 15 is 0 Å². The molecule has 0 bridgehead atoms. The van der Waals surface area contributed by atoms with Crippen molar-refractivity contribution < 1.29 is 4.79 Å². The van der Waals surface area contributed by atoms with E-state index in [4.69, 9.17) is 0 Å². The minimum Gasteiger partial charge on any atom is -0.348 e. The van der Waals surface area contributed by atoms with Gasteiger partial charge in [0, 0.05) is 11.4 Å². The Labute approximate surface area is 125 Å². The van der Waals surface area contributed by atoms with Gasteiger partial charge in [0.25, 0.3) is 5.91 Å². The van der Waals surface area contributed by atoms with E-state index in [1.165, 1.54) is 25.7 Å². The average molecular weight is 283 g/mol. The summed E-state index contributed by atoms with van der Waals surface area (Å²) in [4.78, 5) is 21.3. The van der Waals surface area contributed by atoms with Crippen molar-refractivity contribution in [2.75, 3.05) is 0 Å². The first kappa shape index (κ1) is 14.0. The number of fused-ring (bicyclic) bond motifs is 1. The Morgan fingerprint density at radius 2 is 1.81 bits per heavy atom. The van der Waals surface area contributed by atoms with E-state index in [1.807, 2.05) is 31.2 Å². The van der Waals surface area contributed by atoms with E-state index in [0.29, 0.717) is 11.5 Å². The summed E-state index contributed by atoms with van der Waals surface area (Å²) < 4.78 is 0. The first-order valence-electron chi connectivity index (χ1n) is 7.78. The molecule has 0 radical (unpaired) electrons. The molecule has 1 heterocycles. The van der Waals surface area contributed by atoms with Crippen molar-refractivity contribution in [3.05, 3.63) is 35.8 Å². The fraction of sp³-hybridized carbons (Fsp3) is 0.471. The molecule has 1 aliphatic rings. The number of nitrogens with one attached hydrogen (secondary N) is 1. The lowest BCUT2D eigenvalue weighted by Gasteiger charge is -2.16. The second-order valence-electron chi connectivity index (χ2n) is 5.80. The number of para-hydroxylation sites is 1. The number of carbonyl (C=O) groups is 1. The Kier molecular flexibility index (Phi) is 4.13. The number of carbonyl (C=O) groups excluding carboxylic acids is 1. The second kappa shape index (κ2) is 6.20. The molecule has 0 atom stereocenters. The second-order valence-corrected chi connectivity index (χ2v) is 5.80. The lowest BCUT2D eigenvalue weighted by molar-refractivity contribution is 0.0930. The van der Waals surface area contributed by atoms with Gasteiger partial charge < -0.3 is 5.32 Å². The van der Waals surface area contributed by atoms with Crippen LogP contribution in [0.25, 0.3) is 10.9 Å². The van der Waals surface area contributed by atoms with Crippen LogP contribution in [0.2, 0.25) is 0 Å². The van der Waals surface area contributed by atoms with Crippen molar-refractivity contribution in [3.8, 4) is 0 Å². The zero-order valence-corrected chi connectivity index (χ0v) is 12.4. The van der Waals surface area contributed by atoms with Gasteiger partial charge in [-0.3, -0.25) is 4.79 Å². The van der Waals surface area contributed by atoms with Gasteiger partial charge in [-0.05, 0) is 25.8 Å². The number of hydrogen-bond donors (Lipinski definition) is 1. The molecule has 0 saturated heterocycles. The van der Waals surface area contributed by atoms with Gasteiger partial charge >= 0.3 is 0 Å². The van der Waals surface area contributed by atoms with Crippen molar-refractivity contribution in [1.29, 1.82) is 0 Å². The molecular formula is C17H21N3O. The molecule has 1 saturated carbocycles. The summed E-state index contributed by atoms with van der Waals surface area (Å²) in [5.41, 5.74) is 1.33. The van der Waals surface area contributed by atoms with E-state index in [1.54, 1.807) is 0 Å². The standard InChI is InChI=1S/C17H21N3O/c1-12-18-15-11-7-6-10-14(15)16(19-12)17(21)20-13-8-4-2-3-5-9-13/h6-7,10-11,13H,2-5,8-9H2,1H3,(H,20,21). The quantitative estimate of drug-likeness (QED) is 0.859. The molecule has 0 aliphatic heterocycles. The average Bonchev–Trinajstić information content (AvgIpc) is 2.75. The maximum absolute atomic E-state index is 12.6. The maximum Gasteiger partial charge on any atom is 0.270 e. The molecule has 1 aromatic heterocycles. The SMILES string of the molecule is Cc1nc(C(=O)NC2CCCCCC2)c2ccccc2n1. The summed E-state index contributed by atoms with van der Waals surface area (Å²) in [6, 6.07) is 7.98. The highest BCUT2D eigenvalue weighted by Crippen LogP contribution is 2.19. The molecule has 0 unspecified atom stereocenters. The fourth-order valence-corrected chi connectivity index (χ4v) is 3.04. The summed E-state index contributed by atoms with van der Waals surface area (Å²) >= 11 is 0. The molecule has 1 amide bonds. The summed E-state index contributed by atoms with van der Waals surface area (Å²) in [6.45, 7) is 1.83. The molecule has 1 fully saturated rings. The van der Waals surface area contributed by atoms with Gasteiger partial charge in [-0.2, -0.15) is 0 Å². The Hall–Kier alpha value is -1.97. The van der Waals surface area contributed by atoms with Crippen LogP contribution in [0.5, 0.6) is 0 Å². The first-order valence-corrected chi connectivity index (χ1v) is 7.78. The molecule has 3 rings (SSSR count). The Morgan fingerprint density at radius 1 is 1.10 bits per heavy atom. The Bertz CT molecular complexity index is 646. The minimum atomic E-state index is -0.0661. The molecule has 1 N–H and O–H groups in total. The van der Waals surface area contributed by atoms with Gasteiger partial charge in [0.2, 0.25) is 0 Å². The van der Waals surface area contributed by atoms with E-state index < -0.39 is 0 Å². The Morgan fingerprint density at radius 3 is 2.57 bits per heavy atom. The van der Waals surface area contributed by atoms with Crippen LogP contribution in [0, 0.1) is 6.92 Å². The van der Waals surface area contributed by atoms with Crippen LogP contribution in [0.1, 0.15) is 54.8 Å². The highest BCUT2D eigenvalue weighted by atomic mass is 16.1. The third-order valence-electron chi connectivity index (χ3n) is 4.12. The molecule has 21 heavy (non-hydrogen) atoms. The van der Waals surface area contributed by atoms with Crippen LogP contribution in [0.4, 0.5) is 0 Å². The van der Waals surface area contributed by atoms with Gasteiger partial charge in [-0.25, -0.2) is 9.97 Å². The van der Waals surface area contributed by atoms with Crippen LogP contribution in [0.3, 0.4) is 0 Å². The van der Waals surface area contributed by atoms with Gasteiger partial charge in [-0.1, -0.05) is 43.9 Å². The third kappa shape index (κ3) is 3.20. The zero-order chi connectivity index (χ0) is 14.7. The minimum absolute atomic E-state index is 0.0661. The monoisotopic (exact) mass is 283 g/mol. The predicted octanol–water partition coefficient (Wildman–Crippen LogP) is 3.39. The molecule has 1 aromatic carbocycles. The van der Waals surface area contributed by atoms with Crippen LogP contribution in [-0.4, -0.2) is 21.9 Å². The molecule has 2 aromatic rings. The van der Waals surface area contributed by atoms with E-state index in [-0.39, 0.29) is 11.9 Å². The maximum atomic E-state index is 12.6. The molecular weight excluding hydrogens is 262 g/mol. The van der Waals surface area contributed by atoms with E-state index in [0.717, 1.165) is 23.7 Å². The number of amides is 1. The summed E-state index contributed by atoms with van der Waals surface area (Å²) in [5.74, 6) is 0.573. The van der Waals surface area contributed by atoms with Crippen molar-refractivity contribution in [1.82, 2.24) is 15.3 Å². The summed E-state index contributed by atoms with van der Waals surface area (Å²) in [5, 5.41) is 3.99. The highest BCUT2D eigenvalue weighted by molar-refractivity contribution is 6.04. The molecule has 1 aliphatic carbocycles. The summed E-state index contributed by atoms with van der Waals surface area (Å²) in [6.07, 6.45) is 7.12. The zero-order valence-electron chi connectivity index (χ0n) is 12.4. The number of nitrogens with zero attached hydrogens (tertiary/aromatic N) is 2. The van der Waals surface area contributed by atoms with Crippen molar-refractivity contribution in [3.63, 3.8) is 0 Å². The molecule has 4 nitrogen and oxygen atoms in total. The number of rotatable bonds is 2. The van der Waals surface area contributed by atoms with Gasteiger partial charge in [-0.15, -0.1) is 0 Å². The number of aromatic nitrogens is 2. The highest BCUT2D eigenvalue weighted by Gasteiger charge is 2.19. The van der Waals surface area contributed by atoms with Crippen molar-refractivity contribution in [2.24, 2.45) is 0 Å². The molecule has 0 spiro atoms. The largest absolute Gasteiger partial charge is 0.348 e. The van der Waals surface area contributed by atoms with Gasteiger partial charge in [0.1, 0.15) is 11.5 Å². The molecule has 4 heteroatoms. The number of benzene rings is 1. The van der Waals surface area contributed by atoms with Crippen molar-refractivity contribution in [2.45, 2.75) is 51.5 Å². The Balaban J connectivity index is 1.87. The van der Waals surface area contributed by atoms with Crippen molar-refractivity contribution >= 4 is 16.8 Å². The van der Waals surface area contributed by atoms with E-state index in [9.17, 15) is 4.79 Å². The van der Waals surface area contributed by atoms with E-state index in [2.05, 4.69) is 15.3 Å². The topological polar surface area (TPSA) is 54.9 Å². The predicted molar refractivity (Wildman–Crippen MR) is 83.2 cm³/mol. The molecule has 110 valence electrons. The lowest BCUT2D eigenvalue weighted by Crippen LogP contribution is -2.35. The third-order valence-corrected chi connectivity index (χ3v) is 4.12.